The molecule has 0 aliphatic heterocycles. The first-order valence-electron chi connectivity index (χ1n) is 9.16. The number of rotatable bonds is 8. The number of furan rings is 1. The van der Waals surface area contributed by atoms with Gasteiger partial charge in [0.1, 0.15) is 29.4 Å². The van der Waals surface area contributed by atoms with Crippen molar-refractivity contribution < 1.29 is 32.6 Å². The molecule has 0 saturated carbocycles. The summed E-state index contributed by atoms with van der Waals surface area (Å²) in [6.45, 7) is 2.79. The van der Waals surface area contributed by atoms with Gasteiger partial charge in [-0.25, -0.2) is 0 Å². The van der Waals surface area contributed by atoms with Crippen LogP contribution in [0.1, 0.15) is 34.4 Å². The molecule has 3 aromatic rings. The molecule has 7 heteroatoms. The zero-order valence-electron chi connectivity index (χ0n) is 16.4. The van der Waals surface area contributed by atoms with Crippen LogP contribution in [-0.4, -0.2) is 17.7 Å². The molecule has 5 nitrogen and oxygen atoms in total. The van der Waals surface area contributed by atoms with Gasteiger partial charge in [-0.05, 0) is 68.1 Å². The number of aryl methyl sites for hydroxylation is 2. The second kappa shape index (κ2) is 8.51. The van der Waals surface area contributed by atoms with E-state index in [1.54, 1.807) is 19.1 Å². The SMILES string of the molecule is Cc1cc2cc(OC(F)F)cc(COc3ccc(CCC(=O)O)c(C)c3C)c2o1. The summed E-state index contributed by atoms with van der Waals surface area (Å²) < 4.78 is 41.5. The smallest absolute Gasteiger partial charge is 0.387 e. The Morgan fingerprint density at radius 2 is 1.86 bits per heavy atom. The van der Waals surface area contributed by atoms with Crippen LogP contribution in [0.3, 0.4) is 0 Å². The standard InChI is InChI=1S/C22H22F2O5/c1-12-8-16-9-18(29-22(23)24)10-17(21(16)28-12)11-27-19-6-4-15(5-7-20(25)26)13(2)14(19)3/h4,6,8-10,22H,5,7,11H2,1-3H3,(H,25,26). The molecule has 0 aliphatic carbocycles. The highest BCUT2D eigenvalue weighted by molar-refractivity contribution is 5.83. The minimum atomic E-state index is -2.92. The van der Waals surface area contributed by atoms with Crippen molar-refractivity contribution in [3.63, 3.8) is 0 Å². The first-order valence-corrected chi connectivity index (χ1v) is 9.16. The molecule has 0 atom stereocenters. The lowest BCUT2D eigenvalue weighted by atomic mass is 9.99. The maximum Gasteiger partial charge on any atom is 0.387 e. The number of carboxylic acid groups (broad SMARTS) is 1. The molecule has 0 unspecified atom stereocenters. The summed E-state index contributed by atoms with van der Waals surface area (Å²) in [5, 5.41) is 9.54. The van der Waals surface area contributed by atoms with Gasteiger partial charge < -0.3 is 19.0 Å². The zero-order chi connectivity index (χ0) is 21.1. The molecule has 154 valence electrons. The molecule has 0 aliphatic rings. The maximum atomic E-state index is 12.6. The summed E-state index contributed by atoms with van der Waals surface area (Å²) in [6, 6.07) is 8.39. The summed E-state index contributed by atoms with van der Waals surface area (Å²) in [5.41, 5.74) is 3.99. The number of alkyl halides is 2. The molecule has 1 heterocycles. The Kier molecular flexibility index (Phi) is 6.06. The molecule has 0 bridgehead atoms. The fraction of sp³-hybridized carbons (Fsp3) is 0.318. The van der Waals surface area contributed by atoms with E-state index in [1.165, 1.54) is 12.1 Å². The summed E-state index contributed by atoms with van der Waals surface area (Å²) in [7, 11) is 0. The second-order valence-corrected chi connectivity index (χ2v) is 6.89. The quantitative estimate of drug-likeness (QED) is 0.533. The Bertz CT molecular complexity index is 1040. The van der Waals surface area contributed by atoms with Crippen molar-refractivity contribution >= 4 is 16.9 Å². The van der Waals surface area contributed by atoms with E-state index in [0.717, 1.165) is 16.7 Å². The van der Waals surface area contributed by atoms with E-state index < -0.39 is 12.6 Å². The highest BCUT2D eigenvalue weighted by Gasteiger charge is 2.15. The third-order valence-electron chi connectivity index (χ3n) is 4.86. The summed E-state index contributed by atoms with van der Waals surface area (Å²) in [4.78, 5) is 10.8. The van der Waals surface area contributed by atoms with Crippen LogP contribution in [0.2, 0.25) is 0 Å². The largest absolute Gasteiger partial charge is 0.488 e. The molecule has 1 N–H and O–H groups in total. The maximum absolute atomic E-state index is 12.6. The monoisotopic (exact) mass is 404 g/mol. The highest BCUT2D eigenvalue weighted by atomic mass is 19.3. The second-order valence-electron chi connectivity index (χ2n) is 6.89. The molecule has 0 spiro atoms. The molecule has 0 fully saturated rings. The van der Waals surface area contributed by atoms with E-state index in [0.29, 0.717) is 34.5 Å². The average molecular weight is 404 g/mol. The molecule has 3 rings (SSSR count). The normalized spacial score (nSPS) is 11.2. The van der Waals surface area contributed by atoms with Crippen molar-refractivity contribution in [1.82, 2.24) is 0 Å². The first-order chi connectivity index (χ1) is 13.7. The van der Waals surface area contributed by atoms with Crippen LogP contribution in [-0.2, 0) is 17.8 Å². The van der Waals surface area contributed by atoms with E-state index in [4.69, 9.17) is 14.3 Å². The molecule has 0 amide bonds. The Labute approximate surface area is 166 Å². The van der Waals surface area contributed by atoms with E-state index in [2.05, 4.69) is 4.74 Å². The Balaban J connectivity index is 1.84. The Morgan fingerprint density at radius 3 is 2.55 bits per heavy atom. The van der Waals surface area contributed by atoms with E-state index in [1.807, 2.05) is 19.9 Å². The zero-order valence-corrected chi connectivity index (χ0v) is 16.4. The van der Waals surface area contributed by atoms with Crippen molar-refractivity contribution in [2.75, 3.05) is 0 Å². The van der Waals surface area contributed by atoms with Crippen LogP contribution in [0.15, 0.2) is 34.7 Å². The minimum absolute atomic E-state index is 0.0452. The van der Waals surface area contributed by atoms with Crippen LogP contribution >= 0.6 is 0 Å². The van der Waals surface area contributed by atoms with Gasteiger partial charge in [-0.1, -0.05) is 6.07 Å². The van der Waals surface area contributed by atoms with E-state index >= 15 is 0 Å². The first kappa shape index (κ1) is 20.6. The number of benzene rings is 2. The predicted molar refractivity (Wildman–Crippen MR) is 104 cm³/mol. The van der Waals surface area contributed by atoms with Gasteiger partial charge in [-0.2, -0.15) is 8.78 Å². The number of carboxylic acids is 1. The fourth-order valence-corrected chi connectivity index (χ4v) is 3.28. The van der Waals surface area contributed by atoms with E-state index in [-0.39, 0.29) is 18.8 Å². The van der Waals surface area contributed by atoms with Gasteiger partial charge in [-0.3, -0.25) is 4.79 Å². The summed E-state index contributed by atoms with van der Waals surface area (Å²) in [5.74, 6) is 0.498. The lowest BCUT2D eigenvalue weighted by molar-refractivity contribution is -0.136. The van der Waals surface area contributed by atoms with Crippen molar-refractivity contribution in [3.05, 3.63) is 58.3 Å². The highest BCUT2D eigenvalue weighted by Crippen LogP contribution is 2.31. The van der Waals surface area contributed by atoms with Crippen LogP contribution < -0.4 is 9.47 Å². The van der Waals surface area contributed by atoms with Crippen molar-refractivity contribution in [2.45, 2.75) is 46.8 Å². The lowest BCUT2D eigenvalue weighted by Gasteiger charge is -2.15. The van der Waals surface area contributed by atoms with Gasteiger partial charge >= 0.3 is 12.6 Å². The fourth-order valence-electron chi connectivity index (χ4n) is 3.28. The van der Waals surface area contributed by atoms with Crippen LogP contribution in [0.5, 0.6) is 11.5 Å². The number of hydrogen-bond donors (Lipinski definition) is 1. The number of ether oxygens (including phenoxy) is 2. The van der Waals surface area contributed by atoms with Gasteiger partial charge in [0.2, 0.25) is 0 Å². The van der Waals surface area contributed by atoms with Crippen LogP contribution in [0.4, 0.5) is 8.78 Å². The van der Waals surface area contributed by atoms with Crippen molar-refractivity contribution in [1.29, 1.82) is 0 Å². The minimum Gasteiger partial charge on any atom is -0.488 e. The third kappa shape index (κ3) is 4.85. The molecule has 2 aromatic carbocycles. The van der Waals surface area contributed by atoms with Crippen LogP contribution in [0, 0.1) is 20.8 Å². The number of aliphatic carboxylic acids is 1. The van der Waals surface area contributed by atoms with Crippen molar-refractivity contribution in [3.8, 4) is 11.5 Å². The summed E-state index contributed by atoms with van der Waals surface area (Å²) in [6.07, 6.45) is 0.509. The predicted octanol–water partition coefficient (Wildman–Crippen LogP) is 5.56. The molecular weight excluding hydrogens is 382 g/mol. The molecule has 1 aromatic heterocycles. The van der Waals surface area contributed by atoms with Crippen molar-refractivity contribution in [2.24, 2.45) is 0 Å². The van der Waals surface area contributed by atoms with Gasteiger partial charge in [0.15, 0.2) is 0 Å². The topological polar surface area (TPSA) is 68.9 Å². The Hall–Kier alpha value is -3.09. The Morgan fingerprint density at radius 1 is 1.10 bits per heavy atom. The molecule has 29 heavy (non-hydrogen) atoms. The number of halogens is 2. The number of hydrogen-bond acceptors (Lipinski definition) is 4. The third-order valence-corrected chi connectivity index (χ3v) is 4.86. The number of fused-ring (bicyclic) bond motifs is 1. The lowest BCUT2D eigenvalue weighted by Crippen LogP contribution is -2.04. The van der Waals surface area contributed by atoms with Gasteiger partial charge in [0, 0.05) is 17.4 Å². The van der Waals surface area contributed by atoms with Gasteiger partial charge in [0.25, 0.3) is 0 Å². The molecule has 0 radical (unpaired) electrons. The molecular formula is C22H22F2O5. The molecule has 0 saturated heterocycles. The number of carbonyl (C=O) groups is 1. The van der Waals surface area contributed by atoms with Gasteiger partial charge in [0.05, 0.1) is 0 Å². The van der Waals surface area contributed by atoms with Crippen LogP contribution in [0.25, 0.3) is 11.0 Å². The average Bonchev–Trinajstić information content (AvgIpc) is 3.01. The van der Waals surface area contributed by atoms with Gasteiger partial charge in [-0.15, -0.1) is 0 Å². The summed E-state index contributed by atoms with van der Waals surface area (Å²) >= 11 is 0. The van der Waals surface area contributed by atoms with E-state index in [9.17, 15) is 13.6 Å².